The van der Waals surface area contributed by atoms with E-state index in [0.29, 0.717) is 17.0 Å². The molecule has 0 saturated carbocycles. The van der Waals surface area contributed by atoms with Crippen molar-refractivity contribution < 1.29 is 14.0 Å². The number of hydrogen-bond donors (Lipinski definition) is 0. The number of hydrogen-bond acceptors (Lipinski definition) is 3. The molecule has 0 bridgehead atoms. The van der Waals surface area contributed by atoms with Gasteiger partial charge in [0.2, 0.25) is 0 Å². The topological polar surface area (TPSA) is 37.4 Å². The van der Waals surface area contributed by atoms with Crippen molar-refractivity contribution in [3.8, 4) is 0 Å². The van der Waals surface area contributed by atoms with Crippen LogP contribution in [-0.4, -0.2) is 22.6 Å². The minimum atomic E-state index is -0.330. The molecule has 0 unspecified atom stereocenters. The van der Waals surface area contributed by atoms with E-state index >= 15 is 0 Å². The summed E-state index contributed by atoms with van der Waals surface area (Å²) in [6.45, 7) is 2.11. The van der Waals surface area contributed by atoms with E-state index < -0.39 is 0 Å². The average Bonchev–Trinajstić information content (AvgIpc) is 2.57. The van der Waals surface area contributed by atoms with Crippen LogP contribution in [0.4, 0.5) is 9.18 Å². The van der Waals surface area contributed by atoms with Gasteiger partial charge >= 0.3 is 0 Å². The van der Waals surface area contributed by atoms with Crippen molar-refractivity contribution in [2.75, 3.05) is 6.54 Å². The fourth-order valence-electron chi connectivity index (χ4n) is 1.48. The summed E-state index contributed by atoms with van der Waals surface area (Å²) in [6, 6.07) is 5.76. The van der Waals surface area contributed by atoms with Crippen LogP contribution in [0, 0.1) is 5.82 Å². The van der Waals surface area contributed by atoms with Crippen LogP contribution < -0.4 is 0 Å². The smallest absolute Gasteiger partial charge is 0.269 e. The van der Waals surface area contributed by atoms with Gasteiger partial charge < -0.3 is 0 Å². The summed E-state index contributed by atoms with van der Waals surface area (Å²) in [5, 5.41) is -0.258. The van der Waals surface area contributed by atoms with Gasteiger partial charge in [0.1, 0.15) is 5.82 Å². The Bertz CT molecular complexity index is 496. The molecule has 1 heterocycles. The maximum Gasteiger partial charge on any atom is 0.293 e. The van der Waals surface area contributed by atoms with Gasteiger partial charge in [-0.05, 0) is 42.5 Å². The molecule has 17 heavy (non-hydrogen) atoms. The lowest BCUT2D eigenvalue weighted by atomic mass is 10.2. The van der Waals surface area contributed by atoms with E-state index in [9.17, 15) is 14.0 Å². The van der Waals surface area contributed by atoms with Crippen molar-refractivity contribution >= 4 is 29.0 Å². The summed E-state index contributed by atoms with van der Waals surface area (Å²) in [4.78, 5) is 24.8. The number of carbonyl (C=O) groups excluding carboxylic acids is 2. The number of imide groups is 1. The Hall–Kier alpha value is -1.62. The molecular formula is C12H10FNO2S. The molecule has 0 spiro atoms. The monoisotopic (exact) mass is 251 g/mol. The molecule has 88 valence electrons. The lowest BCUT2D eigenvalue weighted by Gasteiger charge is -2.06. The molecule has 1 aromatic rings. The highest BCUT2D eigenvalue weighted by atomic mass is 32.2. The number of halogens is 1. The van der Waals surface area contributed by atoms with E-state index in [4.69, 9.17) is 0 Å². The Morgan fingerprint density at radius 3 is 2.47 bits per heavy atom. The minimum absolute atomic E-state index is 0.258. The molecule has 5 heteroatoms. The molecule has 1 aliphatic rings. The van der Waals surface area contributed by atoms with Crippen molar-refractivity contribution in [3.05, 3.63) is 40.6 Å². The first-order valence-electron chi connectivity index (χ1n) is 5.12. The van der Waals surface area contributed by atoms with Gasteiger partial charge in [0.25, 0.3) is 11.1 Å². The van der Waals surface area contributed by atoms with Crippen LogP contribution in [0.2, 0.25) is 0 Å². The molecule has 1 saturated heterocycles. The summed E-state index contributed by atoms with van der Waals surface area (Å²) >= 11 is 0.910. The van der Waals surface area contributed by atoms with E-state index in [1.54, 1.807) is 25.1 Å². The summed E-state index contributed by atoms with van der Waals surface area (Å²) in [7, 11) is 0. The van der Waals surface area contributed by atoms with Gasteiger partial charge in [-0.25, -0.2) is 4.39 Å². The first kappa shape index (κ1) is 11.9. The largest absolute Gasteiger partial charge is 0.293 e. The molecule has 2 rings (SSSR count). The van der Waals surface area contributed by atoms with Gasteiger partial charge in [-0.15, -0.1) is 0 Å². The second kappa shape index (κ2) is 4.71. The van der Waals surface area contributed by atoms with Gasteiger partial charge in [0.05, 0.1) is 4.91 Å². The summed E-state index contributed by atoms with van der Waals surface area (Å²) in [6.07, 6.45) is 1.60. The highest BCUT2D eigenvalue weighted by Crippen LogP contribution is 2.31. The van der Waals surface area contributed by atoms with Crippen LogP contribution in [0.1, 0.15) is 12.5 Å². The second-order valence-corrected chi connectivity index (χ2v) is 4.47. The quantitative estimate of drug-likeness (QED) is 0.758. The van der Waals surface area contributed by atoms with Crippen molar-refractivity contribution in [2.45, 2.75) is 6.92 Å². The SMILES string of the molecule is CCN1C(=O)SC(=Cc2ccc(F)cc2)C1=O. The molecule has 0 aromatic heterocycles. The maximum absolute atomic E-state index is 12.7. The first-order valence-corrected chi connectivity index (χ1v) is 5.94. The normalized spacial score (nSPS) is 18.2. The van der Waals surface area contributed by atoms with Crippen LogP contribution in [0.5, 0.6) is 0 Å². The highest BCUT2D eigenvalue weighted by Gasteiger charge is 2.33. The standard InChI is InChI=1S/C12H10FNO2S/c1-2-14-11(15)10(17-12(14)16)7-8-3-5-9(13)6-4-8/h3-7H,2H2,1H3. The molecule has 1 fully saturated rings. The number of benzene rings is 1. The molecule has 3 nitrogen and oxygen atoms in total. The van der Waals surface area contributed by atoms with Crippen LogP contribution in [-0.2, 0) is 4.79 Å². The minimum Gasteiger partial charge on any atom is -0.269 e. The number of amides is 2. The Labute approximate surface area is 102 Å². The summed E-state index contributed by atoms with van der Waals surface area (Å²) in [5.74, 6) is -0.615. The molecule has 1 aliphatic heterocycles. The lowest BCUT2D eigenvalue weighted by molar-refractivity contribution is -0.122. The predicted molar refractivity (Wildman–Crippen MR) is 64.8 cm³/mol. The van der Waals surface area contributed by atoms with Crippen molar-refractivity contribution in [3.63, 3.8) is 0 Å². The first-order chi connectivity index (χ1) is 8.11. The number of rotatable bonds is 2. The summed E-state index contributed by atoms with van der Waals surface area (Å²) < 4.78 is 12.7. The van der Waals surface area contributed by atoms with Crippen LogP contribution >= 0.6 is 11.8 Å². The van der Waals surface area contributed by atoms with Gasteiger partial charge in [0.15, 0.2) is 0 Å². The third kappa shape index (κ3) is 2.39. The van der Waals surface area contributed by atoms with Gasteiger partial charge in [-0.1, -0.05) is 12.1 Å². The number of likely N-dealkylation sites (N-methyl/N-ethyl adjacent to an activating group) is 1. The predicted octanol–water partition coefficient (Wildman–Crippen LogP) is 2.88. The van der Waals surface area contributed by atoms with Gasteiger partial charge in [0, 0.05) is 6.54 Å². The fourth-order valence-corrected chi connectivity index (χ4v) is 2.39. The zero-order chi connectivity index (χ0) is 12.4. The molecule has 0 atom stereocenters. The molecule has 0 aliphatic carbocycles. The number of thioether (sulfide) groups is 1. The number of carbonyl (C=O) groups is 2. The van der Waals surface area contributed by atoms with Crippen LogP contribution in [0.3, 0.4) is 0 Å². The lowest BCUT2D eigenvalue weighted by Crippen LogP contribution is -2.27. The summed E-state index contributed by atoms with van der Waals surface area (Å²) in [5.41, 5.74) is 0.702. The third-order valence-corrected chi connectivity index (χ3v) is 3.26. The van der Waals surface area contributed by atoms with Crippen LogP contribution in [0.15, 0.2) is 29.2 Å². The molecule has 2 amide bonds. The third-order valence-electron chi connectivity index (χ3n) is 2.36. The van der Waals surface area contributed by atoms with Crippen molar-refractivity contribution in [1.82, 2.24) is 4.90 Å². The molecule has 1 aromatic carbocycles. The van der Waals surface area contributed by atoms with Gasteiger partial charge in [-0.2, -0.15) is 0 Å². The Kier molecular flexibility index (Phi) is 3.28. The molecule has 0 N–H and O–H groups in total. The highest BCUT2D eigenvalue weighted by molar-refractivity contribution is 8.18. The maximum atomic E-state index is 12.7. The molecule has 0 radical (unpaired) electrons. The van der Waals surface area contributed by atoms with E-state index in [1.807, 2.05) is 0 Å². The average molecular weight is 251 g/mol. The van der Waals surface area contributed by atoms with E-state index in [0.717, 1.165) is 11.8 Å². The van der Waals surface area contributed by atoms with E-state index in [2.05, 4.69) is 0 Å². The zero-order valence-electron chi connectivity index (χ0n) is 9.14. The second-order valence-electron chi connectivity index (χ2n) is 3.48. The Morgan fingerprint density at radius 2 is 1.94 bits per heavy atom. The van der Waals surface area contributed by atoms with E-state index in [-0.39, 0.29) is 17.0 Å². The van der Waals surface area contributed by atoms with E-state index in [1.165, 1.54) is 17.0 Å². The van der Waals surface area contributed by atoms with Crippen molar-refractivity contribution in [2.24, 2.45) is 0 Å². The zero-order valence-corrected chi connectivity index (χ0v) is 9.96. The fraction of sp³-hybridized carbons (Fsp3) is 0.167. The molecular weight excluding hydrogens is 241 g/mol. The van der Waals surface area contributed by atoms with Crippen molar-refractivity contribution in [1.29, 1.82) is 0 Å². The van der Waals surface area contributed by atoms with Crippen LogP contribution in [0.25, 0.3) is 6.08 Å². The van der Waals surface area contributed by atoms with Gasteiger partial charge in [-0.3, -0.25) is 14.5 Å². The number of nitrogens with zero attached hydrogens (tertiary/aromatic N) is 1. The Morgan fingerprint density at radius 1 is 1.29 bits per heavy atom. The Balaban J connectivity index is 2.27.